The Balaban J connectivity index is 2.09. The molecular formula is C14H17FO3. The SMILES string of the molecule is COc1ccc(F)cc1C1(C2(CO)CC2)COC1. The molecule has 1 saturated heterocycles. The number of halogens is 1. The van der Waals surface area contributed by atoms with Gasteiger partial charge in [0.15, 0.2) is 0 Å². The molecule has 98 valence electrons. The zero-order valence-electron chi connectivity index (χ0n) is 10.4. The van der Waals surface area contributed by atoms with Crippen LogP contribution in [0.25, 0.3) is 0 Å². The summed E-state index contributed by atoms with van der Waals surface area (Å²) >= 11 is 0. The monoisotopic (exact) mass is 252 g/mol. The van der Waals surface area contributed by atoms with E-state index in [1.165, 1.54) is 12.1 Å². The van der Waals surface area contributed by atoms with Crippen LogP contribution in [0.2, 0.25) is 0 Å². The predicted octanol–water partition coefficient (Wildman–Crippen LogP) is 1.87. The molecule has 18 heavy (non-hydrogen) atoms. The van der Waals surface area contributed by atoms with Crippen LogP contribution in [-0.4, -0.2) is 32.0 Å². The standard InChI is InChI=1S/C14H17FO3/c1-17-12-3-2-10(15)6-11(12)14(8-18-9-14)13(7-16)4-5-13/h2-3,6,16H,4-5,7-9H2,1H3. The number of aliphatic hydroxyl groups is 1. The molecule has 3 rings (SSSR count). The first-order valence-electron chi connectivity index (χ1n) is 6.20. The van der Waals surface area contributed by atoms with Crippen LogP contribution in [0.5, 0.6) is 5.75 Å². The summed E-state index contributed by atoms with van der Waals surface area (Å²) < 4.78 is 24.2. The van der Waals surface area contributed by atoms with Crippen molar-refractivity contribution >= 4 is 0 Å². The molecular weight excluding hydrogens is 235 g/mol. The maximum Gasteiger partial charge on any atom is 0.123 e. The Morgan fingerprint density at radius 3 is 2.56 bits per heavy atom. The van der Waals surface area contributed by atoms with E-state index in [4.69, 9.17) is 9.47 Å². The Bertz CT molecular complexity index is 464. The zero-order chi connectivity index (χ0) is 12.8. The smallest absolute Gasteiger partial charge is 0.123 e. The molecule has 1 aromatic carbocycles. The number of rotatable bonds is 4. The molecule has 1 saturated carbocycles. The van der Waals surface area contributed by atoms with Crippen LogP contribution in [0.3, 0.4) is 0 Å². The number of ether oxygens (including phenoxy) is 2. The minimum Gasteiger partial charge on any atom is -0.496 e. The lowest BCUT2D eigenvalue weighted by Gasteiger charge is -2.48. The van der Waals surface area contributed by atoms with Crippen molar-refractivity contribution < 1.29 is 19.0 Å². The van der Waals surface area contributed by atoms with Crippen molar-refractivity contribution in [2.75, 3.05) is 26.9 Å². The van der Waals surface area contributed by atoms with Crippen molar-refractivity contribution in [3.8, 4) is 5.75 Å². The molecule has 0 amide bonds. The molecule has 0 aromatic heterocycles. The van der Waals surface area contributed by atoms with Crippen LogP contribution in [0, 0.1) is 11.2 Å². The van der Waals surface area contributed by atoms with Crippen LogP contribution in [-0.2, 0) is 10.2 Å². The third-order valence-electron chi connectivity index (χ3n) is 4.55. The summed E-state index contributed by atoms with van der Waals surface area (Å²) in [5.41, 5.74) is 0.407. The Kier molecular flexibility index (Phi) is 2.61. The first-order chi connectivity index (χ1) is 8.67. The zero-order valence-corrected chi connectivity index (χ0v) is 10.4. The van der Waals surface area contributed by atoms with Gasteiger partial charge in [0.2, 0.25) is 0 Å². The number of hydrogen-bond donors (Lipinski definition) is 1. The average molecular weight is 252 g/mol. The Hall–Kier alpha value is -1.13. The molecule has 0 bridgehead atoms. The van der Waals surface area contributed by atoms with Crippen molar-refractivity contribution in [2.24, 2.45) is 5.41 Å². The van der Waals surface area contributed by atoms with Gasteiger partial charge < -0.3 is 14.6 Å². The number of aliphatic hydroxyl groups excluding tert-OH is 1. The molecule has 2 aliphatic rings. The van der Waals surface area contributed by atoms with Crippen LogP contribution in [0.1, 0.15) is 18.4 Å². The molecule has 1 aromatic rings. The van der Waals surface area contributed by atoms with Gasteiger partial charge in [-0.05, 0) is 31.0 Å². The lowest BCUT2D eigenvalue weighted by Crippen LogP contribution is -2.55. The Labute approximate surface area is 106 Å². The van der Waals surface area contributed by atoms with Gasteiger partial charge in [-0.3, -0.25) is 0 Å². The fraction of sp³-hybridized carbons (Fsp3) is 0.571. The average Bonchev–Trinajstić information content (AvgIpc) is 3.09. The van der Waals surface area contributed by atoms with Crippen LogP contribution >= 0.6 is 0 Å². The second kappa shape index (κ2) is 3.93. The predicted molar refractivity (Wildman–Crippen MR) is 64.2 cm³/mol. The van der Waals surface area contributed by atoms with Crippen molar-refractivity contribution in [1.29, 1.82) is 0 Å². The van der Waals surface area contributed by atoms with Gasteiger partial charge in [-0.25, -0.2) is 4.39 Å². The molecule has 3 nitrogen and oxygen atoms in total. The summed E-state index contributed by atoms with van der Waals surface area (Å²) in [5.74, 6) is 0.408. The highest BCUT2D eigenvalue weighted by molar-refractivity contribution is 5.45. The molecule has 2 fully saturated rings. The maximum absolute atomic E-state index is 13.5. The van der Waals surface area contributed by atoms with Crippen molar-refractivity contribution in [3.05, 3.63) is 29.6 Å². The highest BCUT2D eigenvalue weighted by atomic mass is 19.1. The Morgan fingerprint density at radius 2 is 2.11 bits per heavy atom. The first kappa shape index (κ1) is 11.9. The number of methoxy groups -OCH3 is 1. The maximum atomic E-state index is 13.5. The molecule has 0 unspecified atom stereocenters. The van der Waals surface area contributed by atoms with Crippen LogP contribution in [0.15, 0.2) is 18.2 Å². The van der Waals surface area contributed by atoms with Gasteiger partial charge in [0, 0.05) is 17.6 Å². The second-order valence-corrected chi connectivity index (χ2v) is 5.36. The lowest BCUT2D eigenvalue weighted by molar-refractivity contribution is -0.111. The van der Waals surface area contributed by atoms with Gasteiger partial charge in [-0.15, -0.1) is 0 Å². The van der Waals surface area contributed by atoms with Gasteiger partial charge in [-0.2, -0.15) is 0 Å². The summed E-state index contributed by atoms with van der Waals surface area (Å²) in [4.78, 5) is 0. The first-order valence-corrected chi connectivity index (χ1v) is 6.20. The van der Waals surface area contributed by atoms with Crippen molar-refractivity contribution in [1.82, 2.24) is 0 Å². The largest absolute Gasteiger partial charge is 0.496 e. The van der Waals surface area contributed by atoms with Crippen molar-refractivity contribution in [3.63, 3.8) is 0 Å². The van der Waals surface area contributed by atoms with E-state index >= 15 is 0 Å². The van der Waals surface area contributed by atoms with Gasteiger partial charge in [-0.1, -0.05) is 0 Å². The lowest BCUT2D eigenvalue weighted by atomic mass is 9.66. The summed E-state index contributed by atoms with van der Waals surface area (Å²) in [7, 11) is 1.59. The topological polar surface area (TPSA) is 38.7 Å². The Morgan fingerprint density at radius 1 is 1.39 bits per heavy atom. The van der Waals surface area contributed by atoms with Crippen LogP contribution < -0.4 is 4.74 Å². The van der Waals surface area contributed by atoms with Crippen LogP contribution in [0.4, 0.5) is 4.39 Å². The number of hydrogen-bond acceptors (Lipinski definition) is 3. The van der Waals surface area contributed by atoms with E-state index in [0.29, 0.717) is 19.0 Å². The number of benzene rings is 1. The minimum atomic E-state index is -0.283. The fourth-order valence-corrected chi connectivity index (χ4v) is 3.05. The van der Waals surface area contributed by atoms with E-state index in [1.54, 1.807) is 13.2 Å². The van der Waals surface area contributed by atoms with E-state index in [2.05, 4.69) is 0 Å². The fourth-order valence-electron chi connectivity index (χ4n) is 3.05. The van der Waals surface area contributed by atoms with E-state index in [0.717, 1.165) is 18.4 Å². The molecule has 1 heterocycles. The molecule has 0 radical (unpaired) electrons. The van der Waals surface area contributed by atoms with Gasteiger partial charge >= 0.3 is 0 Å². The van der Waals surface area contributed by atoms with E-state index < -0.39 is 0 Å². The van der Waals surface area contributed by atoms with Gasteiger partial charge in [0.1, 0.15) is 11.6 Å². The van der Waals surface area contributed by atoms with Gasteiger partial charge in [0.05, 0.1) is 25.7 Å². The third-order valence-corrected chi connectivity index (χ3v) is 4.55. The molecule has 0 spiro atoms. The van der Waals surface area contributed by atoms with Gasteiger partial charge in [0.25, 0.3) is 0 Å². The summed E-state index contributed by atoms with van der Waals surface area (Å²) in [6.07, 6.45) is 1.93. The van der Waals surface area contributed by atoms with Crippen molar-refractivity contribution in [2.45, 2.75) is 18.3 Å². The minimum absolute atomic E-state index is 0.121. The highest BCUT2D eigenvalue weighted by Crippen LogP contribution is 2.63. The second-order valence-electron chi connectivity index (χ2n) is 5.36. The van der Waals surface area contributed by atoms with E-state index in [1.807, 2.05) is 0 Å². The normalized spacial score (nSPS) is 23.3. The molecule has 0 atom stereocenters. The third kappa shape index (κ3) is 1.42. The summed E-state index contributed by atoms with van der Waals surface area (Å²) in [5, 5.41) is 9.66. The highest BCUT2D eigenvalue weighted by Gasteiger charge is 2.64. The molecule has 1 aliphatic carbocycles. The van der Waals surface area contributed by atoms with E-state index in [9.17, 15) is 9.50 Å². The molecule has 1 aliphatic heterocycles. The summed E-state index contributed by atoms with van der Waals surface area (Å²) in [6, 6.07) is 4.57. The summed E-state index contributed by atoms with van der Waals surface area (Å²) in [6.45, 7) is 1.19. The molecule has 4 heteroatoms. The van der Waals surface area contributed by atoms with E-state index in [-0.39, 0.29) is 23.3 Å². The molecule has 1 N–H and O–H groups in total. The quantitative estimate of drug-likeness (QED) is 0.889.